The van der Waals surface area contributed by atoms with Crippen molar-refractivity contribution in [2.75, 3.05) is 31.3 Å². The van der Waals surface area contributed by atoms with E-state index in [1.54, 1.807) is 12.1 Å². The molecule has 0 heterocycles. The average Bonchev–Trinajstić information content (AvgIpc) is 3.37. The number of halogens is 1. The van der Waals surface area contributed by atoms with Crippen LogP contribution in [-0.2, 0) is 6.54 Å². The Morgan fingerprint density at radius 1 is 1.20 bits per heavy atom. The minimum atomic E-state index is -0.393. The Balaban J connectivity index is 1.89. The topological polar surface area (TPSA) is 49.6 Å². The van der Waals surface area contributed by atoms with Crippen LogP contribution in [0.15, 0.2) is 42.5 Å². The van der Waals surface area contributed by atoms with Crippen molar-refractivity contribution in [3.05, 3.63) is 59.4 Å². The van der Waals surface area contributed by atoms with Crippen LogP contribution in [0.3, 0.4) is 0 Å². The predicted octanol–water partition coefficient (Wildman–Crippen LogP) is 3.53. The van der Waals surface area contributed by atoms with E-state index in [2.05, 4.69) is 0 Å². The van der Waals surface area contributed by atoms with Gasteiger partial charge in [-0.1, -0.05) is 6.07 Å². The van der Waals surface area contributed by atoms with Crippen molar-refractivity contribution in [1.29, 1.82) is 0 Å². The molecule has 1 aliphatic carbocycles. The van der Waals surface area contributed by atoms with E-state index in [1.807, 2.05) is 42.1 Å². The molecule has 2 aromatic rings. The van der Waals surface area contributed by atoms with Gasteiger partial charge >= 0.3 is 0 Å². The van der Waals surface area contributed by atoms with E-state index >= 15 is 0 Å². The second-order valence-corrected chi connectivity index (χ2v) is 6.92. The number of hydrogen-bond donors (Lipinski definition) is 1. The highest BCUT2D eigenvalue weighted by Crippen LogP contribution is 2.32. The minimum Gasteiger partial charge on any atom is -0.399 e. The molecule has 0 aliphatic heterocycles. The molecule has 1 saturated carbocycles. The molecule has 3 rings (SSSR count). The smallest absolute Gasteiger partial charge is 0.254 e. The number of hydrogen-bond acceptors (Lipinski definition) is 3. The van der Waals surface area contributed by atoms with Crippen LogP contribution in [0.2, 0.25) is 0 Å². The van der Waals surface area contributed by atoms with Gasteiger partial charge in [-0.25, -0.2) is 4.39 Å². The van der Waals surface area contributed by atoms with Crippen molar-refractivity contribution in [1.82, 2.24) is 4.90 Å². The van der Waals surface area contributed by atoms with E-state index in [-0.39, 0.29) is 5.91 Å². The number of anilines is 2. The number of nitrogens with zero attached hydrogens (tertiary/aromatic N) is 2. The second-order valence-electron chi connectivity index (χ2n) is 6.92. The molecule has 1 amide bonds. The third-order valence-electron chi connectivity index (χ3n) is 4.48. The number of nitrogen functional groups attached to an aromatic ring is 1. The highest BCUT2D eigenvalue weighted by atomic mass is 19.1. The Labute approximate surface area is 148 Å². The van der Waals surface area contributed by atoms with Gasteiger partial charge in [0.15, 0.2) is 0 Å². The summed E-state index contributed by atoms with van der Waals surface area (Å²) in [5.74, 6) is 0.00932. The molecule has 0 atom stereocenters. The molecule has 0 aromatic heterocycles. The SMILES string of the molecule is CN(C)c1ccc(N)cc1CN(CC1CC1)C(=O)c1cccc(F)c1. The number of amides is 1. The fourth-order valence-electron chi connectivity index (χ4n) is 3.01. The molecule has 0 bridgehead atoms. The summed E-state index contributed by atoms with van der Waals surface area (Å²) in [6.45, 7) is 1.15. The third-order valence-corrected chi connectivity index (χ3v) is 4.48. The Hall–Kier alpha value is -2.56. The second kappa shape index (κ2) is 7.13. The molecule has 5 heteroatoms. The van der Waals surface area contributed by atoms with Gasteiger partial charge in [-0.3, -0.25) is 4.79 Å². The summed E-state index contributed by atoms with van der Waals surface area (Å²) >= 11 is 0. The van der Waals surface area contributed by atoms with Gasteiger partial charge in [0.2, 0.25) is 0 Å². The van der Waals surface area contributed by atoms with Gasteiger partial charge in [0, 0.05) is 44.1 Å². The fourth-order valence-corrected chi connectivity index (χ4v) is 3.01. The monoisotopic (exact) mass is 341 g/mol. The van der Waals surface area contributed by atoms with Gasteiger partial charge in [-0.15, -0.1) is 0 Å². The molecule has 1 aliphatic rings. The maximum absolute atomic E-state index is 13.5. The lowest BCUT2D eigenvalue weighted by Crippen LogP contribution is -2.33. The summed E-state index contributed by atoms with van der Waals surface area (Å²) < 4.78 is 13.5. The first-order chi connectivity index (χ1) is 11.9. The molecule has 2 N–H and O–H groups in total. The van der Waals surface area contributed by atoms with Crippen LogP contribution >= 0.6 is 0 Å². The molecule has 4 nitrogen and oxygen atoms in total. The first-order valence-corrected chi connectivity index (χ1v) is 8.54. The summed E-state index contributed by atoms with van der Waals surface area (Å²) in [4.78, 5) is 16.8. The van der Waals surface area contributed by atoms with Gasteiger partial charge in [0.25, 0.3) is 5.91 Å². The zero-order valence-corrected chi connectivity index (χ0v) is 14.7. The predicted molar refractivity (Wildman–Crippen MR) is 99.0 cm³/mol. The molecular formula is C20H24FN3O. The quantitative estimate of drug-likeness (QED) is 0.818. The standard InChI is InChI=1S/C20H24FN3O/c1-23(2)19-9-8-18(22)11-16(19)13-24(12-14-6-7-14)20(25)15-4-3-5-17(21)10-15/h3-5,8-11,14H,6-7,12-13,22H2,1-2H3. The number of rotatable bonds is 6. The number of carbonyl (C=O) groups is 1. The van der Waals surface area contributed by atoms with E-state index < -0.39 is 5.82 Å². The molecule has 0 radical (unpaired) electrons. The Bertz CT molecular complexity index is 771. The van der Waals surface area contributed by atoms with Gasteiger partial charge in [0.1, 0.15) is 5.82 Å². The van der Waals surface area contributed by atoms with Crippen LogP contribution < -0.4 is 10.6 Å². The molecule has 0 unspecified atom stereocenters. The van der Waals surface area contributed by atoms with E-state index in [9.17, 15) is 9.18 Å². The highest BCUT2D eigenvalue weighted by Gasteiger charge is 2.28. The normalized spacial score (nSPS) is 13.6. The van der Waals surface area contributed by atoms with Crippen molar-refractivity contribution in [2.45, 2.75) is 19.4 Å². The molecule has 0 saturated heterocycles. The maximum Gasteiger partial charge on any atom is 0.254 e. The van der Waals surface area contributed by atoms with Crippen LogP contribution in [0.1, 0.15) is 28.8 Å². The summed E-state index contributed by atoms with van der Waals surface area (Å²) in [6.07, 6.45) is 2.29. The van der Waals surface area contributed by atoms with Gasteiger partial charge in [0.05, 0.1) is 0 Å². The zero-order valence-electron chi connectivity index (χ0n) is 14.7. The molecule has 2 aromatic carbocycles. The van der Waals surface area contributed by atoms with Crippen LogP contribution in [0.5, 0.6) is 0 Å². The van der Waals surface area contributed by atoms with E-state index in [0.29, 0.717) is 30.3 Å². The lowest BCUT2D eigenvalue weighted by atomic mass is 10.1. The molecule has 0 spiro atoms. The van der Waals surface area contributed by atoms with Crippen molar-refractivity contribution in [3.63, 3.8) is 0 Å². The Morgan fingerprint density at radius 2 is 1.96 bits per heavy atom. The summed E-state index contributed by atoms with van der Waals surface area (Å²) in [5, 5.41) is 0. The maximum atomic E-state index is 13.5. The number of benzene rings is 2. The van der Waals surface area contributed by atoms with Crippen molar-refractivity contribution in [3.8, 4) is 0 Å². The van der Waals surface area contributed by atoms with Crippen molar-refractivity contribution in [2.24, 2.45) is 5.92 Å². The summed E-state index contributed by atoms with van der Waals surface area (Å²) in [5.41, 5.74) is 9.03. The molecule has 1 fully saturated rings. The van der Waals surface area contributed by atoms with Gasteiger partial charge in [-0.05, 0) is 60.7 Å². The number of carbonyl (C=O) groups excluding carboxylic acids is 1. The number of nitrogens with two attached hydrogens (primary N) is 1. The van der Waals surface area contributed by atoms with Crippen LogP contribution in [0, 0.1) is 11.7 Å². The highest BCUT2D eigenvalue weighted by molar-refractivity contribution is 5.94. The zero-order chi connectivity index (χ0) is 18.0. The van der Waals surface area contributed by atoms with Gasteiger partial charge in [-0.2, -0.15) is 0 Å². The summed E-state index contributed by atoms with van der Waals surface area (Å²) in [6, 6.07) is 11.6. The first kappa shape index (κ1) is 17.3. The lowest BCUT2D eigenvalue weighted by molar-refractivity contribution is 0.0734. The van der Waals surface area contributed by atoms with Gasteiger partial charge < -0.3 is 15.5 Å². The Morgan fingerprint density at radius 3 is 2.60 bits per heavy atom. The largest absolute Gasteiger partial charge is 0.399 e. The van der Waals surface area contributed by atoms with E-state index in [1.165, 1.54) is 12.1 Å². The van der Waals surface area contributed by atoms with E-state index in [4.69, 9.17) is 5.73 Å². The van der Waals surface area contributed by atoms with Crippen molar-refractivity contribution < 1.29 is 9.18 Å². The lowest BCUT2D eigenvalue weighted by Gasteiger charge is -2.26. The van der Waals surface area contributed by atoms with Crippen molar-refractivity contribution >= 4 is 17.3 Å². The van der Waals surface area contributed by atoms with Crippen LogP contribution in [-0.4, -0.2) is 31.4 Å². The molecular weight excluding hydrogens is 317 g/mol. The van der Waals surface area contributed by atoms with Crippen LogP contribution in [0.25, 0.3) is 0 Å². The first-order valence-electron chi connectivity index (χ1n) is 8.54. The average molecular weight is 341 g/mol. The third kappa shape index (κ3) is 4.29. The van der Waals surface area contributed by atoms with E-state index in [0.717, 1.165) is 24.1 Å². The minimum absolute atomic E-state index is 0.140. The molecule has 25 heavy (non-hydrogen) atoms. The van der Waals surface area contributed by atoms with Crippen LogP contribution in [0.4, 0.5) is 15.8 Å². The molecule has 132 valence electrons. The fraction of sp³-hybridized carbons (Fsp3) is 0.350. The Kier molecular flexibility index (Phi) is 4.93. The summed E-state index contributed by atoms with van der Waals surface area (Å²) in [7, 11) is 3.93.